The summed E-state index contributed by atoms with van der Waals surface area (Å²) in [7, 11) is 1.90. The van der Waals surface area contributed by atoms with Gasteiger partial charge in [-0.15, -0.1) is 0 Å². The third-order valence-electron chi connectivity index (χ3n) is 5.34. The zero-order valence-electron chi connectivity index (χ0n) is 16.4. The highest BCUT2D eigenvalue weighted by atomic mass is 16.6. The molecule has 146 valence electrons. The Morgan fingerprint density at radius 2 is 1.85 bits per heavy atom. The van der Waals surface area contributed by atoms with E-state index < -0.39 is 0 Å². The van der Waals surface area contributed by atoms with Crippen LogP contribution in [0.3, 0.4) is 0 Å². The van der Waals surface area contributed by atoms with Crippen LogP contribution in [0.5, 0.6) is 0 Å². The molecule has 1 aliphatic heterocycles. The Bertz CT molecular complexity index is 776. The van der Waals surface area contributed by atoms with Gasteiger partial charge < -0.3 is 5.32 Å². The largest absolute Gasteiger partial charge is 0.311 e. The van der Waals surface area contributed by atoms with E-state index in [1.165, 1.54) is 44.5 Å². The van der Waals surface area contributed by atoms with Gasteiger partial charge in [-0.3, -0.25) is 19.7 Å². The molecule has 0 aliphatic carbocycles. The fourth-order valence-corrected chi connectivity index (χ4v) is 3.77. The molecule has 0 bridgehead atoms. The molecule has 0 spiro atoms. The molecule has 0 unspecified atom stereocenters. The van der Waals surface area contributed by atoms with Gasteiger partial charge in [-0.1, -0.05) is 6.42 Å². The fraction of sp³-hybridized carbons (Fsp3) is 0.550. The zero-order chi connectivity index (χ0) is 19.4. The maximum atomic E-state index is 10.9. The van der Waals surface area contributed by atoms with Gasteiger partial charge >= 0.3 is 0 Å². The minimum atomic E-state index is -0.382. The smallest absolute Gasteiger partial charge is 0.269 e. The van der Waals surface area contributed by atoms with Gasteiger partial charge in [-0.2, -0.15) is 5.10 Å². The summed E-state index contributed by atoms with van der Waals surface area (Å²) >= 11 is 0. The van der Waals surface area contributed by atoms with Crippen molar-refractivity contribution in [2.45, 2.75) is 45.2 Å². The lowest BCUT2D eigenvalue weighted by atomic mass is 9.98. The van der Waals surface area contributed by atoms with E-state index in [1.54, 1.807) is 16.8 Å². The van der Waals surface area contributed by atoms with Crippen LogP contribution >= 0.6 is 0 Å². The SMILES string of the molecule is Cn1cc(CNCC(C)(C)N2CCCCC2)c(-c2ccc([N+](=O)[O-])cc2)n1. The number of aryl methyl sites for hydroxylation is 1. The number of benzene rings is 1. The molecule has 1 N–H and O–H groups in total. The summed E-state index contributed by atoms with van der Waals surface area (Å²) in [6, 6.07) is 6.59. The van der Waals surface area contributed by atoms with Crippen molar-refractivity contribution in [2.75, 3.05) is 19.6 Å². The summed E-state index contributed by atoms with van der Waals surface area (Å²) in [6.07, 6.45) is 5.93. The van der Waals surface area contributed by atoms with Crippen molar-refractivity contribution in [1.29, 1.82) is 0 Å². The molecule has 1 aromatic carbocycles. The third kappa shape index (κ3) is 4.73. The molecule has 1 fully saturated rings. The molecule has 0 radical (unpaired) electrons. The average molecular weight is 371 g/mol. The van der Waals surface area contributed by atoms with Crippen LogP contribution in [0.4, 0.5) is 5.69 Å². The van der Waals surface area contributed by atoms with Crippen LogP contribution in [-0.2, 0) is 13.6 Å². The topological polar surface area (TPSA) is 76.2 Å². The average Bonchev–Trinajstić information content (AvgIpc) is 3.03. The number of nitro benzene ring substituents is 1. The van der Waals surface area contributed by atoms with Gasteiger partial charge in [0, 0.05) is 55.1 Å². The number of nitrogens with zero attached hydrogens (tertiary/aromatic N) is 4. The van der Waals surface area contributed by atoms with Gasteiger partial charge in [0.25, 0.3) is 5.69 Å². The maximum absolute atomic E-state index is 10.9. The molecule has 1 aliphatic rings. The van der Waals surface area contributed by atoms with Gasteiger partial charge in [-0.25, -0.2) is 0 Å². The Labute approximate surface area is 160 Å². The van der Waals surface area contributed by atoms with Gasteiger partial charge in [-0.05, 0) is 51.9 Å². The Morgan fingerprint density at radius 3 is 2.48 bits per heavy atom. The summed E-state index contributed by atoms with van der Waals surface area (Å²) in [4.78, 5) is 13.0. The minimum Gasteiger partial charge on any atom is -0.311 e. The number of likely N-dealkylation sites (tertiary alicyclic amines) is 1. The van der Waals surface area contributed by atoms with Crippen LogP contribution in [0.2, 0.25) is 0 Å². The van der Waals surface area contributed by atoms with E-state index in [0.29, 0.717) is 0 Å². The molecule has 27 heavy (non-hydrogen) atoms. The summed E-state index contributed by atoms with van der Waals surface area (Å²) in [5.74, 6) is 0. The first kappa shape index (κ1) is 19.5. The number of nitrogens with one attached hydrogen (secondary N) is 1. The second-order valence-corrected chi connectivity index (χ2v) is 7.94. The highest BCUT2D eigenvalue weighted by molar-refractivity contribution is 5.64. The number of non-ortho nitro benzene ring substituents is 1. The van der Waals surface area contributed by atoms with E-state index in [9.17, 15) is 10.1 Å². The van der Waals surface area contributed by atoms with E-state index >= 15 is 0 Å². The van der Waals surface area contributed by atoms with Gasteiger partial charge in [0.2, 0.25) is 0 Å². The molecule has 2 aromatic rings. The normalized spacial score (nSPS) is 15.8. The summed E-state index contributed by atoms with van der Waals surface area (Å²) < 4.78 is 1.80. The van der Waals surface area contributed by atoms with E-state index in [2.05, 4.69) is 29.2 Å². The molecule has 7 heteroatoms. The van der Waals surface area contributed by atoms with Crippen molar-refractivity contribution in [2.24, 2.45) is 7.05 Å². The lowest BCUT2D eigenvalue weighted by molar-refractivity contribution is -0.384. The van der Waals surface area contributed by atoms with Crippen molar-refractivity contribution >= 4 is 5.69 Å². The highest BCUT2D eigenvalue weighted by Crippen LogP contribution is 2.25. The molecule has 7 nitrogen and oxygen atoms in total. The first-order valence-electron chi connectivity index (χ1n) is 9.60. The van der Waals surface area contributed by atoms with Crippen LogP contribution in [0.15, 0.2) is 30.5 Å². The first-order valence-corrected chi connectivity index (χ1v) is 9.60. The van der Waals surface area contributed by atoms with Gasteiger partial charge in [0.15, 0.2) is 0 Å². The van der Waals surface area contributed by atoms with Crippen molar-refractivity contribution in [3.63, 3.8) is 0 Å². The lowest BCUT2D eigenvalue weighted by Gasteiger charge is -2.41. The van der Waals surface area contributed by atoms with Crippen LogP contribution in [0.1, 0.15) is 38.7 Å². The Kier molecular flexibility index (Phi) is 5.92. The number of hydrogen-bond donors (Lipinski definition) is 1. The first-order chi connectivity index (χ1) is 12.9. The predicted octanol–water partition coefficient (Wildman–Crippen LogP) is 3.35. The fourth-order valence-electron chi connectivity index (χ4n) is 3.77. The van der Waals surface area contributed by atoms with Crippen molar-refractivity contribution in [1.82, 2.24) is 20.0 Å². The maximum Gasteiger partial charge on any atom is 0.269 e. The zero-order valence-corrected chi connectivity index (χ0v) is 16.4. The highest BCUT2D eigenvalue weighted by Gasteiger charge is 2.27. The van der Waals surface area contributed by atoms with Crippen molar-refractivity contribution in [3.8, 4) is 11.3 Å². The number of piperidine rings is 1. The van der Waals surface area contributed by atoms with Crippen molar-refractivity contribution < 1.29 is 4.92 Å². The van der Waals surface area contributed by atoms with Gasteiger partial charge in [0.1, 0.15) is 0 Å². The molecule has 3 rings (SSSR count). The number of hydrogen-bond acceptors (Lipinski definition) is 5. The monoisotopic (exact) mass is 371 g/mol. The van der Waals surface area contributed by atoms with Gasteiger partial charge in [0.05, 0.1) is 10.6 Å². The Morgan fingerprint density at radius 1 is 1.19 bits per heavy atom. The molecule has 0 amide bonds. The lowest BCUT2D eigenvalue weighted by Crippen LogP contribution is -2.52. The Balaban J connectivity index is 1.66. The summed E-state index contributed by atoms with van der Waals surface area (Å²) in [6.45, 7) is 8.57. The molecule has 0 atom stereocenters. The Hall–Kier alpha value is -2.25. The molecular weight excluding hydrogens is 342 g/mol. The number of aromatic nitrogens is 2. The summed E-state index contributed by atoms with van der Waals surface area (Å²) in [5, 5.41) is 19.0. The quantitative estimate of drug-likeness (QED) is 0.597. The van der Waals surface area contributed by atoms with Crippen LogP contribution in [0, 0.1) is 10.1 Å². The molecule has 2 heterocycles. The third-order valence-corrected chi connectivity index (χ3v) is 5.34. The second kappa shape index (κ2) is 8.19. The van der Waals surface area contributed by atoms with E-state index in [-0.39, 0.29) is 16.1 Å². The number of nitro groups is 1. The standard InChI is InChI=1S/C20H29N5O2/c1-20(2,24-11-5-4-6-12-24)15-21-13-17-14-23(3)22-19(17)16-7-9-18(10-8-16)25(26)27/h7-10,14,21H,4-6,11-13,15H2,1-3H3. The van der Waals surface area contributed by atoms with E-state index in [0.717, 1.165) is 29.9 Å². The second-order valence-electron chi connectivity index (χ2n) is 7.94. The summed E-state index contributed by atoms with van der Waals surface area (Å²) in [5.41, 5.74) is 3.08. The molecular formula is C20H29N5O2. The molecule has 1 saturated heterocycles. The molecule has 0 saturated carbocycles. The van der Waals surface area contributed by atoms with Crippen LogP contribution in [0.25, 0.3) is 11.3 Å². The van der Waals surface area contributed by atoms with E-state index in [4.69, 9.17) is 0 Å². The number of rotatable bonds is 7. The van der Waals surface area contributed by atoms with E-state index in [1.807, 2.05) is 13.2 Å². The minimum absolute atomic E-state index is 0.0950. The van der Waals surface area contributed by atoms with Crippen molar-refractivity contribution in [3.05, 3.63) is 46.1 Å². The predicted molar refractivity (Wildman–Crippen MR) is 107 cm³/mol. The molecule has 1 aromatic heterocycles. The van der Waals surface area contributed by atoms with Crippen LogP contribution < -0.4 is 5.32 Å². The van der Waals surface area contributed by atoms with Crippen LogP contribution in [-0.4, -0.2) is 44.8 Å².